The van der Waals surface area contributed by atoms with Crippen LogP contribution in [-0.4, -0.2) is 52.5 Å². The van der Waals surface area contributed by atoms with Gasteiger partial charge in [-0.3, -0.25) is 4.79 Å². The van der Waals surface area contributed by atoms with Crippen LogP contribution in [-0.2, 0) is 21.7 Å². The first-order valence-corrected chi connectivity index (χ1v) is 11.3. The molecule has 0 aromatic heterocycles. The predicted octanol–water partition coefficient (Wildman–Crippen LogP) is 5.59. The van der Waals surface area contributed by atoms with Gasteiger partial charge in [0, 0.05) is 30.0 Å². The largest absolute Gasteiger partial charge is 0.479 e. The van der Waals surface area contributed by atoms with Gasteiger partial charge in [0.25, 0.3) is 0 Å². The number of likely N-dealkylation sites (tertiary alicyclic amines) is 1. The van der Waals surface area contributed by atoms with E-state index in [4.69, 9.17) is 5.11 Å². The van der Waals surface area contributed by atoms with Crippen LogP contribution in [0.25, 0.3) is 0 Å². The topological polar surface area (TPSA) is 57.6 Å². The zero-order valence-electron chi connectivity index (χ0n) is 18.4. The van der Waals surface area contributed by atoms with Crippen molar-refractivity contribution in [1.29, 1.82) is 0 Å². The summed E-state index contributed by atoms with van der Waals surface area (Å²) in [7, 11) is 0. The zero-order chi connectivity index (χ0) is 26.0. The van der Waals surface area contributed by atoms with E-state index in [1.54, 1.807) is 4.90 Å². The van der Waals surface area contributed by atoms with Crippen LogP contribution < -0.4 is 0 Å². The van der Waals surface area contributed by atoms with Crippen LogP contribution in [0.15, 0.2) is 18.2 Å². The summed E-state index contributed by atoms with van der Waals surface area (Å²) in [6.45, 7) is 0.309. The highest BCUT2D eigenvalue weighted by Crippen LogP contribution is 2.54. The molecule has 194 valence electrons. The Bertz CT molecular complexity index is 999. The van der Waals surface area contributed by atoms with Crippen LogP contribution in [0.3, 0.4) is 0 Å². The second-order valence-electron chi connectivity index (χ2n) is 9.65. The summed E-state index contributed by atoms with van der Waals surface area (Å²) < 4.78 is 108. The molecule has 35 heavy (non-hydrogen) atoms. The fraction of sp³-hybridized carbons (Fsp3) is 0.652. The Labute approximate surface area is 195 Å². The second-order valence-corrected chi connectivity index (χ2v) is 9.65. The van der Waals surface area contributed by atoms with Crippen molar-refractivity contribution in [3.05, 3.63) is 34.9 Å². The Morgan fingerprint density at radius 1 is 0.943 bits per heavy atom. The molecule has 0 bridgehead atoms. The van der Waals surface area contributed by atoms with Crippen molar-refractivity contribution in [2.75, 3.05) is 6.54 Å². The number of fused-ring (bicyclic) bond motifs is 3. The van der Waals surface area contributed by atoms with E-state index in [1.165, 1.54) is 0 Å². The summed E-state index contributed by atoms with van der Waals surface area (Å²) in [5.74, 6) is -2.68. The Morgan fingerprint density at radius 2 is 1.54 bits per heavy atom. The minimum absolute atomic E-state index is 0.0667. The SMILES string of the molecule is O=C(C1CCC(F)(C(=O)O)CC1)N1CC[C@H]2c3ccc(C(F)(C(F)(F)F)C(F)(F)F)cc3CC[C@H]21. The molecule has 1 amide bonds. The van der Waals surface area contributed by atoms with Gasteiger partial charge < -0.3 is 10.0 Å². The number of carbonyl (C=O) groups excluding carboxylic acids is 1. The fourth-order valence-corrected chi connectivity index (χ4v) is 5.81. The van der Waals surface area contributed by atoms with Crippen LogP contribution >= 0.6 is 0 Å². The van der Waals surface area contributed by atoms with E-state index in [0.717, 1.165) is 6.07 Å². The van der Waals surface area contributed by atoms with Crippen LogP contribution in [0.4, 0.5) is 35.1 Å². The monoisotopic (exact) mass is 513 g/mol. The molecule has 2 fully saturated rings. The molecule has 1 saturated carbocycles. The smallest absolute Gasteiger partial charge is 0.435 e. The minimum atomic E-state index is -6.19. The van der Waals surface area contributed by atoms with Crippen LogP contribution in [0.5, 0.6) is 0 Å². The number of benzene rings is 1. The number of nitrogens with zero attached hydrogens (tertiary/aromatic N) is 1. The molecule has 4 nitrogen and oxygen atoms in total. The Balaban J connectivity index is 1.54. The number of aryl methyl sites for hydroxylation is 1. The highest BCUT2D eigenvalue weighted by atomic mass is 19.4. The average Bonchev–Trinajstić information content (AvgIpc) is 3.21. The van der Waals surface area contributed by atoms with E-state index >= 15 is 0 Å². The number of carboxylic acid groups (broad SMARTS) is 1. The summed E-state index contributed by atoms with van der Waals surface area (Å²) >= 11 is 0. The first-order valence-electron chi connectivity index (χ1n) is 11.3. The number of hydrogen-bond donors (Lipinski definition) is 1. The lowest BCUT2D eigenvalue weighted by atomic mass is 9.77. The summed E-state index contributed by atoms with van der Waals surface area (Å²) in [5.41, 5.74) is -8.69. The van der Waals surface area contributed by atoms with E-state index in [0.29, 0.717) is 30.7 Å². The maximum absolute atomic E-state index is 14.5. The van der Waals surface area contributed by atoms with Gasteiger partial charge in [-0.15, -0.1) is 0 Å². The Hall–Kier alpha value is -2.40. The molecule has 1 heterocycles. The number of rotatable bonds is 3. The number of amides is 1. The third-order valence-corrected chi connectivity index (χ3v) is 7.77. The van der Waals surface area contributed by atoms with Gasteiger partial charge >= 0.3 is 24.0 Å². The summed E-state index contributed by atoms with van der Waals surface area (Å²) in [6, 6.07) is 1.90. The van der Waals surface area contributed by atoms with E-state index in [9.17, 15) is 44.7 Å². The van der Waals surface area contributed by atoms with Crippen molar-refractivity contribution < 1.29 is 49.8 Å². The van der Waals surface area contributed by atoms with E-state index < -0.39 is 41.1 Å². The van der Waals surface area contributed by atoms with E-state index in [-0.39, 0.29) is 62.0 Å². The molecule has 0 spiro atoms. The molecule has 4 rings (SSSR count). The average molecular weight is 513 g/mol. The summed E-state index contributed by atoms with van der Waals surface area (Å²) in [5, 5.41) is 9.02. The Kier molecular flexibility index (Phi) is 6.11. The predicted molar refractivity (Wildman–Crippen MR) is 106 cm³/mol. The molecule has 2 aliphatic carbocycles. The van der Waals surface area contributed by atoms with Gasteiger partial charge in [0.1, 0.15) is 0 Å². The maximum atomic E-state index is 14.5. The first kappa shape index (κ1) is 25.7. The summed E-state index contributed by atoms with van der Waals surface area (Å²) in [4.78, 5) is 25.8. The van der Waals surface area contributed by atoms with Crippen LogP contribution in [0, 0.1) is 5.92 Å². The van der Waals surface area contributed by atoms with Gasteiger partial charge in [0.05, 0.1) is 0 Å². The molecule has 12 heteroatoms. The number of aliphatic carboxylic acids is 1. The molecule has 3 aliphatic rings. The quantitative estimate of drug-likeness (QED) is 0.537. The van der Waals surface area contributed by atoms with Gasteiger partial charge in [-0.1, -0.05) is 18.2 Å². The van der Waals surface area contributed by atoms with Crippen molar-refractivity contribution in [2.24, 2.45) is 5.92 Å². The van der Waals surface area contributed by atoms with Crippen molar-refractivity contribution >= 4 is 11.9 Å². The number of halogens is 8. The Morgan fingerprint density at radius 3 is 2.09 bits per heavy atom. The lowest BCUT2D eigenvalue weighted by Crippen LogP contribution is -2.50. The van der Waals surface area contributed by atoms with Crippen LogP contribution in [0.1, 0.15) is 61.1 Å². The number of hydrogen-bond acceptors (Lipinski definition) is 2. The summed E-state index contributed by atoms with van der Waals surface area (Å²) in [6.07, 6.45) is -12.0. The van der Waals surface area contributed by atoms with Crippen molar-refractivity contribution in [3.8, 4) is 0 Å². The van der Waals surface area contributed by atoms with Crippen molar-refractivity contribution in [3.63, 3.8) is 0 Å². The molecule has 2 atom stereocenters. The zero-order valence-corrected chi connectivity index (χ0v) is 18.4. The van der Waals surface area contributed by atoms with Gasteiger partial charge in [0.2, 0.25) is 11.6 Å². The van der Waals surface area contributed by atoms with E-state index in [1.807, 2.05) is 0 Å². The molecule has 0 unspecified atom stereocenters. The molecule has 1 aromatic rings. The molecule has 1 N–H and O–H groups in total. The maximum Gasteiger partial charge on any atom is 0.435 e. The number of carboxylic acids is 1. The first-order chi connectivity index (χ1) is 16.1. The third-order valence-electron chi connectivity index (χ3n) is 7.77. The van der Waals surface area contributed by atoms with Crippen molar-refractivity contribution in [2.45, 2.75) is 80.6 Å². The van der Waals surface area contributed by atoms with Crippen LogP contribution in [0.2, 0.25) is 0 Å². The molecular formula is C23H23F8NO3. The second kappa shape index (κ2) is 8.33. The molecule has 1 aromatic carbocycles. The molecule has 0 radical (unpaired) electrons. The highest BCUT2D eigenvalue weighted by molar-refractivity contribution is 5.81. The molecule has 1 aliphatic heterocycles. The van der Waals surface area contributed by atoms with Gasteiger partial charge in [-0.2, -0.15) is 26.3 Å². The highest BCUT2D eigenvalue weighted by Gasteiger charge is 2.73. The number of alkyl halides is 8. The molecular weight excluding hydrogens is 490 g/mol. The lowest BCUT2D eigenvalue weighted by molar-refractivity contribution is -0.348. The minimum Gasteiger partial charge on any atom is -0.479 e. The van der Waals surface area contributed by atoms with Crippen molar-refractivity contribution in [1.82, 2.24) is 4.90 Å². The molecule has 1 saturated heterocycles. The normalized spacial score (nSPS) is 29.5. The standard InChI is InChI=1S/C23H23F8NO3/c24-20(19(34)35)8-5-12(6-9-20)18(33)32-10-7-16-15-3-2-14(11-13(15)1-4-17(16)32)21(25,22(26,27)28)23(29,30)31/h2-3,11-12,16-17H,1,4-10H2,(H,34,35)/t12?,16-,17+,20?/m0/s1. The van der Waals surface area contributed by atoms with Gasteiger partial charge in [0.15, 0.2) is 0 Å². The number of carbonyl (C=O) groups is 2. The van der Waals surface area contributed by atoms with E-state index in [2.05, 4.69) is 0 Å². The fourth-order valence-electron chi connectivity index (χ4n) is 5.81. The van der Waals surface area contributed by atoms with Gasteiger partial charge in [-0.25, -0.2) is 13.6 Å². The van der Waals surface area contributed by atoms with Gasteiger partial charge in [-0.05, 0) is 56.1 Å². The third kappa shape index (κ3) is 4.06. The lowest BCUT2D eigenvalue weighted by Gasteiger charge is -2.38.